The SMILES string of the molecule is CCN1CCCC1CNC(=NC)NCCNC(=O)c1ccc(Br)cc1.I. The zero-order valence-electron chi connectivity index (χ0n) is 15.4. The monoisotopic (exact) mass is 537 g/mol. The number of aliphatic imine (C=N–C) groups is 1. The Morgan fingerprint density at radius 2 is 1.92 bits per heavy atom. The van der Waals surface area contributed by atoms with Gasteiger partial charge in [-0.25, -0.2) is 0 Å². The molecule has 26 heavy (non-hydrogen) atoms. The van der Waals surface area contributed by atoms with Gasteiger partial charge in [-0.3, -0.25) is 14.7 Å². The molecular weight excluding hydrogens is 509 g/mol. The summed E-state index contributed by atoms with van der Waals surface area (Å²) in [5.74, 6) is 0.711. The van der Waals surface area contributed by atoms with Crippen molar-refractivity contribution in [1.82, 2.24) is 20.9 Å². The number of benzene rings is 1. The summed E-state index contributed by atoms with van der Waals surface area (Å²) in [7, 11) is 1.77. The molecule has 1 aliphatic heterocycles. The van der Waals surface area contributed by atoms with Crippen LogP contribution in [0.1, 0.15) is 30.1 Å². The topological polar surface area (TPSA) is 68.8 Å². The average Bonchev–Trinajstić information content (AvgIpc) is 3.09. The molecule has 1 aromatic carbocycles. The van der Waals surface area contributed by atoms with Crippen LogP contribution in [0.4, 0.5) is 0 Å². The van der Waals surface area contributed by atoms with Crippen molar-refractivity contribution in [3.05, 3.63) is 34.3 Å². The molecule has 1 saturated heterocycles. The van der Waals surface area contributed by atoms with Crippen LogP contribution in [-0.4, -0.2) is 62.6 Å². The normalized spacial score (nSPS) is 17.5. The second kappa shape index (κ2) is 12.5. The number of halogens is 2. The predicted octanol–water partition coefficient (Wildman–Crippen LogP) is 2.45. The summed E-state index contributed by atoms with van der Waals surface area (Å²) in [5, 5.41) is 9.52. The van der Waals surface area contributed by atoms with Gasteiger partial charge in [0.05, 0.1) is 0 Å². The molecule has 0 aliphatic carbocycles. The lowest BCUT2D eigenvalue weighted by atomic mass is 10.2. The Hall–Kier alpha value is -0.870. The van der Waals surface area contributed by atoms with Crippen LogP contribution in [-0.2, 0) is 0 Å². The van der Waals surface area contributed by atoms with Crippen molar-refractivity contribution < 1.29 is 4.79 Å². The largest absolute Gasteiger partial charge is 0.355 e. The van der Waals surface area contributed by atoms with Crippen LogP contribution in [0.15, 0.2) is 33.7 Å². The number of likely N-dealkylation sites (N-methyl/N-ethyl adjacent to an activating group) is 1. The summed E-state index contributed by atoms with van der Waals surface area (Å²) < 4.78 is 0.962. The van der Waals surface area contributed by atoms with E-state index in [4.69, 9.17) is 0 Å². The first-order valence-electron chi connectivity index (χ1n) is 8.86. The lowest BCUT2D eigenvalue weighted by Crippen LogP contribution is -2.46. The standard InChI is InChI=1S/C18H28BrN5O.HI/c1-3-24-12-4-5-16(24)13-23-18(20-2)22-11-10-21-17(25)14-6-8-15(19)9-7-14;/h6-9,16H,3-5,10-13H2,1-2H3,(H,21,25)(H2,20,22,23);1H. The number of likely N-dealkylation sites (tertiary alicyclic amines) is 1. The highest BCUT2D eigenvalue weighted by Crippen LogP contribution is 2.15. The lowest BCUT2D eigenvalue weighted by molar-refractivity contribution is 0.0954. The number of nitrogens with zero attached hydrogens (tertiary/aromatic N) is 2. The maximum absolute atomic E-state index is 12.0. The van der Waals surface area contributed by atoms with Crippen LogP contribution < -0.4 is 16.0 Å². The average molecular weight is 538 g/mol. The Morgan fingerprint density at radius 1 is 1.23 bits per heavy atom. The van der Waals surface area contributed by atoms with Crippen LogP contribution >= 0.6 is 39.9 Å². The van der Waals surface area contributed by atoms with Gasteiger partial charge in [0.1, 0.15) is 0 Å². The Bertz CT molecular complexity index is 581. The van der Waals surface area contributed by atoms with Gasteiger partial charge in [-0.2, -0.15) is 0 Å². The molecule has 6 nitrogen and oxygen atoms in total. The molecular formula is C18H29BrIN5O. The van der Waals surface area contributed by atoms with Gasteiger partial charge in [0.2, 0.25) is 0 Å². The molecule has 146 valence electrons. The molecule has 1 unspecified atom stereocenters. The van der Waals surface area contributed by atoms with Crippen LogP contribution in [0.3, 0.4) is 0 Å². The van der Waals surface area contributed by atoms with Crippen molar-refractivity contribution in [2.45, 2.75) is 25.8 Å². The quantitative estimate of drug-likeness (QED) is 0.216. The maximum atomic E-state index is 12.0. The van der Waals surface area contributed by atoms with Gasteiger partial charge in [-0.15, -0.1) is 24.0 Å². The number of carbonyl (C=O) groups is 1. The molecule has 0 bridgehead atoms. The van der Waals surface area contributed by atoms with Crippen molar-refractivity contribution in [1.29, 1.82) is 0 Å². The van der Waals surface area contributed by atoms with E-state index in [0.29, 0.717) is 24.7 Å². The van der Waals surface area contributed by atoms with E-state index >= 15 is 0 Å². The van der Waals surface area contributed by atoms with E-state index in [9.17, 15) is 4.79 Å². The Labute approximate surface area is 181 Å². The summed E-state index contributed by atoms with van der Waals surface area (Å²) >= 11 is 3.36. The van der Waals surface area contributed by atoms with Crippen molar-refractivity contribution >= 4 is 51.8 Å². The van der Waals surface area contributed by atoms with Crippen molar-refractivity contribution in [2.75, 3.05) is 39.8 Å². The van der Waals surface area contributed by atoms with Crippen LogP contribution in [0.2, 0.25) is 0 Å². The second-order valence-corrected chi connectivity index (χ2v) is 6.98. The predicted molar refractivity (Wildman–Crippen MR) is 122 cm³/mol. The van der Waals surface area contributed by atoms with Crippen molar-refractivity contribution in [3.63, 3.8) is 0 Å². The fourth-order valence-electron chi connectivity index (χ4n) is 3.04. The smallest absolute Gasteiger partial charge is 0.251 e. The molecule has 0 saturated carbocycles. The molecule has 0 radical (unpaired) electrons. The molecule has 0 aromatic heterocycles. The first-order chi connectivity index (χ1) is 12.1. The third-order valence-corrected chi connectivity index (χ3v) is 4.97. The summed E-state index contributed by atoms with van der Waals surface area (Å²) in [4.78, 5) is 18.8. The number of hydrogen-bond donors (Lipinski definition) is 3. The van der Waals surface area contributed by atoms with E-state index in [0.717, 1.165) is 23.5 Å². The third kappa shape index (κ3) is 7.40. The van der Waals surface area contributed by atoms with Crippen LogP contribution in [0, 0.1) is 0 Å². The first-order valence-corrected chi connectivity index (χ1v) is 9.65. The summed E-state index contributed by atoms with van der Waals surface area (Å²) in [6, 6.07) is 7.91. The number of rotatable bonds is 7. The molecule has 1 fully saturated rings. The zero-order valence-corrected chi connectivity index (χ0v) is 19.3. The Kier molecular flexibility index (Phi) is 11.1. The Balaban J connectivity index is 0.00000338. The maximum Gasteiger partial charge on any atom is 0.251 e. The number of carbonyl (C=O) groups excluding carboxylic acids is 1. The van der Waals surface area contributed by atoms with Crippen LogP contribution in [0.5, 0.6) is 0 Å². The van der Waals surface area contributed by atoms with E-state index < -0.39 is 0 Å². The second-order valence-electron chi connectivity index (χ2n) is 6.07. The van der Waals surface area contributed by atoms with E-state index in [1.54, 1.807) is 19.2 Å². The molecule has 1 amide bonds. The van der Waals surface area contributed by atoms with Gasteiger partial charge in [-0.05, 0) is 50.2 Å². The number of nitrogens with one attached hydrogen (secondary N) is 3. The highest BCUT2D eigenvalue weighted by atomic mass is 127. The first kappa shape index (κ1) is 23.2. The van der Waals surface area contributed by atoms with E-state index in [-0.39, 0.29) is 29.9 Å². The summed E-state index contributed by atoms with van der Waals surface area (Å²) in [5.41, 5.74) is 0.659. The minimum atomic E-state index is -0.0678. The molecule has 8 heteroatoms. The van der Waals surface area contributed by atoms with Gasteiger partial charge in [0, 0.05) is 42.8 Å². The summed E-state index contributed by atoms with van der Waals surface area (Å²) in [6.45, 7) is 6.57. The number of amides is 1. The zero-order chi connectivity index (χ0) is 18.1. The van der Waals surface area contributed by atoms with E-state index in [2.05, 4.69) is 48.7 Å². The molecule has 2 rings (SSSR count). The van der Waals surface area contributed by atoms with Crippen molar-refractivity contribution in [2.24, 2.45) is 4.99 Å². The van der Waals surface area contributed by atoms with Crippen molar-refractivity contribution in [3.8, 4) is 0 Å². The van der Waals surface area contributed by atoms with E-state index in [1.807, 2.05) is 12.1 Å². The van der Waals surface area contributed by atoms with Gasteiger partial charge in [0.25, 0.3) is 5.91 Å². The third-order valence-electron chi connectivity index (χ3n) is 4.44. The number of guanidine groups is 1. The fraction of sp³-hybridized carbons (Fsp3) is 0.556. The minimum absolute atomic E-state index is 0. The van der Waals surface area contributed by atoms with Gasteiger partial charge >= 0.3 is 0 Å². The van der Waals surface area contributed by atoms with Gasteiger partial charge < -0.3 is 16.0 Å². The highest BCUT2D eigenvalue weighted by molar-refractivity contribution is 14.0. The lowest BCUT2D eigenvalue weighted by Gasteiger charge is -2.24. The van der Waals surface area contributed by atoms with Gasteiger partial charge in [0.15, 0.2) is 5.96 Å². The van der Waals surface area contributed by atoms with Gasteiger partial charge in [-0.1, -0.05) is 22.9 Å². The van der Waals surface area contributed by atoms with Crippen LogP contribution in [0.25, 0.3) is 0 Å². The summed E-state index contributed by atoms with van der Waals surface area (Å²) in [6.07, 6.45) is 2.51. The Morgan fingerprint density at radius 3 is 2.58 bits per heavy atom. The number of hydrogen-bond acceptors (Lipinski definition) is 3. The molecule has 3 N–H and O–H groups in total. The van der Waals surface area contributed by atoms with E-state index in [1.165, 1.54) is 19.4 Å². The molecule has 0 spiro atoms. The fourth-order valence-corrected chi connectivity index (χ4v) is 3.30. The molecule has 1 atom stereocenters. The highest BCUT2D eigenvalue weighted by Gasteiger charge is 2.22. The molecule has 1 heterocycles. The minimum Gasteiger partial charge on any atom is -0.355 e. The molecule has 1 aliphatic rings. The molecule has 1 aromatic rings.